The molecule has 1 atom stereocenters. The predicted molar refractivity (Wildman–Crippen MR) is 75.9 cm³/mol. The first-order valence-electron chi connectivity index (χ1n) is 6.80. The van der Waals surface area contributed by atoms with Gasteiger partial charge in [0.25, 0.3) is 0 Å². The van der Waals surface area contributed by atoms with Crippen LogP contribution >= 0.6 is 0 Å². The molecule has 0 saturated carbocycles. The van der Waals surface area contributed by atoms with Crippen LogP contribution in [0.1, 0.15) is 43.7 Å². The molecule has 0 spiro atoms. The quantitative estimate of drug-likeness (QED) is 0.770. The zero-order valence-electron chi connectivity index (χ0n) is 12.2. The molecule has 20 heavy (non-hydrogen) atoms. The fourth-order valence-electron chi connectivity index (χ4n) is 2.37. The first-order valence-corrected chi connectivity index (χ1v) is 6.80. The van der Waals surface area contributed by atoms with Crippen LogP contribution in [-0.4, -0.2) is 28.2 Å². The summed E-state index contributed by atoms with van der Waals surface area (Å²) in [5.74, 6) is 0. The molecule has 1 aliphatic heterocycles. The number of carbonyl (C=O) groups is 1. The van der Waals surface area contributed by atoms with Gasteiger partial charge in [0.15, 0.2) is 0 Å². The van der Waals surface area contributed by atoms with Crippen LogP contribution in [-0.2, 0) is 17.7 Å². The summed E-state index contributed by atoms with van der Waals surface area (Å²) in [6.45, 7) is 6.58. The zero-order valence-corrected chi connectivity index (χ0v) is 12.2. The topological polar surface area (TPSA) is 75.8 Å². The Hall–Kier alpha value is -1.59. The van der Waals surface area contributed by atoms with E-state index < -0.39 is 11.8 Å². The third-order valence-corrected chi connectivity index (χ3v) is 3.28. The highest BCUT2D eigenvalue weighted by atomic mass is 16.6. The number of rotatable bonds is 1. The second kappa shape index (κ2) is 5.42. The number of carbonyl (C=O) groups excluding carboxylic acids is 1. The number of benzene rings is 1. The van der Waals surface area contributed by atoms with Gasteiger partial charge in [-0.05, 0) is 38.3 Å². The van der Waals surface area contributed by atoms with Gasteiger partial charge in [-0.1, -0.05) is 18.2 Å². The minimum absolute atomic E-state index is 0.329. The van der Waals surface area contributed by atoms with Crippen molar-refractivity contribution in [3.63, 3.8) is 0 Å². The van der Waals surface area contributed by atoms with Crippen LogP contribution in [0.15, 0.2) is 18.2 Å². The number of aliphatic hydroxyl groups excluding tert-OH is 1. The van der Waals surface area contributed by atoms with Gasteiger partial charge < -0.3 is 20.5 Å². The maximum Gasteiger partial charge on any atom is 0.410 e. The second-order valence-electron chi connectivity index (χ2n) is 6.08. The van der Waals surface area contributed by atoms with Crippen LogP contribution in [0.5, 0.6) is 0 Å². The molecule has 1 heterocycles. The maximum atomic E-state index is 12.1. The van der Waals surface area contributed by atoms with Crippen molar-refractivity contribution in [2.75, 3.05) is 6.54 Å². The summed E-state index contributed by atoms with van der Waals surface area (Å²) in [5.41, 5.74) is 7.81. The summed E-state index contributed by atoms with van der Waals surface area (Å²) >= 11 is 0. The Balaban J connectivity index is 2.20. The highest BCUT2D eigenvalue weighted by molar-refractivity contribution is 5.68. The summed E-state index contributed by atoms with van der Waals surface area (Å²) in [6.07, 6.45) is -0.609. The van der Waals surface area contributed by atoms with E-state index >= 15 is 0 Å². The number of hydrogen-bond donors (Lipinski definition) is 2. The normalized spacial score (nSPS) is 16.6. The van der Waals surface area contributed by atoms with Gasteiger partial charge in [0.2, 0.25) is 0 Å². The molecule has 110 valence electrons. The van der Waals surface area contributed by atoms with Crippen molar-refractivity contribution >= 4 is 6.09 Å². The molecule has 1 aromatic rings. The van der Waals surface area contributed by atoms with Gasteiger partial charge in [0.05, 0.1) is 0 Å². The van der Waals surface area contributed by atoms with E-state index in [-0.39, 0.29) is 6.09 Å². The Morgan fingerprint density at radius 1 is 1.45 bits per heavy atom. The van der Waals surface area contributed by atoms with E-state index in [1.54, 1.807) is 11.0 Å². The molecule has 0 saturated heterocycles. The van der Waals surface area contributed by atoms with Crippen molar-refractivity contribution < 1.29 is 14.6 Å². The van der Waals surface area contributed by atoms with E-state index in [1.807, 2.05) is 32.9 Å². The summed E-state index contributed by atoms with van der Waals surface area (Å²) in [6, 6.07) is 5.68. The predicted octanol–water partition coefficient (Wildman–Crippen LogP) is 1.93. The smallest absolute Gasteiger partial charge is 0.410 e. The molecule has 2 rings (SSSR count). The van der Waals surface area contributed by atoms with Crippen molar-refractivity contribution in [1.29, 1.82) is 0 Å². The average molecular weight is 278 g/mol. The molecular weight excluding hydrogens is 256 g/mol. The van der Waals surface area contributed by atoms with E-state index in [4.69, 9.17) is 10.5 Å². The van der Waals surface area contributed by atoms with Crippen molar-refractivity contribution in [3.05, 3.63) is 34.9 Å². The largest absolute Gasteiger partial charge is 0.444 e. The van der Waals surface area contributed by atoms with Gasteiger partial charge in [-0.15, -0.1) is 0 Å². The van der Waals surface area contributed by atoms with Gasteiger partial charge >= 0.3 is 6.09 Å². The summed E-state index contributed by atoms with van der Waals surface area (Å²) in [5, 5.41) is 9.63. The minimum atomic E-state index is -1.02. The van der Waals surface area contributed by atoms with E-state index in [1.165, 1.54) is 0 Å². The van der Waals surface area contributed by atoms with Crippen LogP contribution < -0.4 is 5.73 Å². The van der Waals surface area contributed by atoms with Crippen LogP contribution in [0.2, 0.25) is 0 Å². The van der Waals surface area contributed by atoms with E-state index in [2.05, 4.69) is 0 Å². The lowest BCUT2D eigenvalue weighted by atomic mass is 9.94. The SMILES string of the molecule is CC(C)(C)OC(=O)N1CCc2cccc([C@H](N)O)c2C1. The molecule has 1 amide bonds. The summed E-state index contributed by atoms with van der Waals surface area (Å²) < 4.78 is 5.39. The maximum absolute atomic E-state index is 12.1. The van der Waals surface area contributed by atoms with Crippen molar-refractivity contribution in [2.24, 2.45) is 5.73 Å². The van der Waals surface area contributed by atoms with Crippen LogP contribution in [0.3, 0.4) is 0 Å². The molecule has 1 aromatic carbocycles. The first kappa shape index (κ1) is 14.8. The zero-order chi connectivity index (χ0) is 14.9. The van der Waals surface area contributed by atoms with E-state index in [0.717, 1.165) is 17.5 Å². The molecule has 3 N–H and O–H groups in total. The fourth-order valence-corrected chi connectivity index (χ4v) is 2.37. The van der Waals surface area contributed by atoms with E-state index in [0.29, 0.717) is 18.7 Å². The molecule has 0 radical (unpaired) electrons. The Labute approximate surface area is 119 Å². The monoisotopic (exact) mass is 278 g/mol. The van der Waals surface area contributed by atoms with Crippen molar-refractivity contribution in [3.8, 4) is 0 Å². The molecule has 5 heteroatoms. The van der Waals surface area contributed by atoms with Gasteiger partial charge in [-0.25, -0.2) is 4.79 Å². The Morgan fingerprint density at radius 3 is 2.75 bits per heavy atom. The van der Waals surface area contributed by atoms with Crippen molar-refractivity contribution in [1.82, 2.24) is 4.90 Å². The number of nitrogens with zero attached hydrogens (tertiary/aromatic N) is 1. The van der Waals surface area contributed by atoms with Crippen LogP contribution in [0.4, 0.5) is 4.79 Å². The third-order valence-electron chi connectivity index (χ3n) is 3.28. The number of nitrogens with two attached hydrogens (primary N) is 1. The fraction of sp³-hybridized carbons (Fsp3) is 0.533. The summed E-state index contributed by atoms with van der Waals surface area (Å²) in [7, 11) is 0. The number of fused-ring (bicyclic) bond motifs is 1. The lowest BCUT2D eigenvalue weighted by Crippen LogP contribution is -2.40. The van der Waals surface area contributed by atoms with Gasteiger partial charge in [0, 0.05) is 18.7 Å². The second-order valence-corrected chi connectivity index (χ2v) is 6.08. The van der Waals surface area contributed by atoms with Gasteiger partial charge in [-0.3, -0.25) is 0 Å². The summed E-state index contributed by atoms with van der Waals surface area (Å²) in [4.78, 5) is 13.8. The number of hydrogen-bond acceptors (Lipinski definition) is 4. The molecule has 0 aliphatic carbocycles. The first-order chi connectivity index (χ1) is 9.28. The molecule has 0 aromatic heterocycles. The van der Waals surface area contributed by atoms with Crippen molar-refractivity contribution in [2.45, 2.75) is 45.6 Å². The number of amides is 1. The lowest BCUT2D eigenvalue weighted by Gasteiger charge is -2.32. The molecule has 5 nitrogen and oxygen atoms in total. The average Bonchev–Trinajstić information content (AvgIpc) is 2.35. The Kier molecular flexibility index (Phi) is 4.01. The number of aliphatic hydroxyl groups is 1. The molecule has 0 bridgehead atoms. The minimum Gasteiger partial charge on any atom is -0.444 e. The highest BCUT2D eigenvalue weighted by Gasteiger charge is 2.27. The highest BCUT2D eigenvalue weighted by Crippen LogP contribution is 2.26. The molecule has 0 fully saturated rings. The van der Waals surface area contributed by atoms with Gasteiger partial charge in [-0.2, -0.15) is 0 Å². The third kappa shape index (κ3) is 3.29. The standard InChI is InChI=1S/C15H22N2O3/c1-15(2,3)20-14(19)17-8-7-10-5-4-6-11(13(16)18)12(10)9-17/h4-6,13,18H,7-9,16H2,1-3H3/t13-/m1/s1. The number of ether oxygens (including phenoxy) is 1. The lowest BCUT2D eigenvalue weighted by molar-refractivity contribution is 0.0221. The molecule has 0 unspecified atom stereocenters. The molecular formula is C15H22N2O3. The Bertz CT molecular complexity index is 506. The van der Waals surface area contributed by atoms with Crippen LogP contribution in [0, 0.1) is 0 Å². The molecule has 1 aliphatic rings. The van der Waals surface area contributed by atoms with Gasteiger partial charge in [0.1, 0.15) is 11.8 Å². The van der Waals surface area contributed by atoms with Crippen LogP contribution in [0.25, 0.3) is 0 Å². The van der Waals surface area contributed by atoms with E-state index in [9.17, 15) is 9.90 Å². The Morgan fingerprint density at radius 2 is 2.15 bits per heavy atom.